The molecule has 0 atom stereocenters. The van der Waals surface area contributed by atoms with Crippen molar-refractivity contribution in [2.24, 2.45) is 5.10 Å². The smallest absolute Gasteiger partial charge is 0.329 e. The van der Waals surface area contributed by atoms with Crippen molar-refractivity contribution < 1.29 is 19.1 Å². The number of carbonyl (C=O) groups excluding carboxylic acids is 3. The Morgan fingerprint density at radius 2 is 1.53 bits per heavy atom. The van der Waals surface area contributed by atoms with Crippen LogP contribution >= 0.6 is 0 Å². The Kier molecular flexibility index (Phi) is 8.12. The molecule has 8 heteroatoms. The van der Waals surface area contributed by atoms with E-state index in [4.69, 9.17) is 4.74 Å². The number of carbonyl (C=O) groups is 3. The second-order valence-electron chi connectivity index (χ2n) is 7.62. The first-order valence-electron chi connectivity index (χ1n) is 10.6. The molecule has 8 nitrogen and oxygen atoms in total. The quantitative estimate of drug-likeness (QED) is 0.285. The van der Waals surface area contributed by atoms with Crippen LogP contribution in [0, 0.1) is 20.8 Å². The molecule has 0 bridgehead atoms. The minimum Gasteiger partial charge on any atom is -0.484 e. The Morgan fingerprint density at radius 3 is 2.32 bits per heavy atom. The molecular weight excluding hydrogens is 432 g/mol. The van der Waals surface area contributed by atoms with E-state index >= 15 is 0 Å². The molecule has 34 heavy (non-hydrogen) atoms. The highest BCUT2D eigenvalue weighted by molar-refractivity contribution is 6.39. The maximum atomic E-state index is 12.2. The zero-order valence-electron chi connectivity index (χ0n) is 19.2. The number of hydrogen-bond donors (Lipinski definition) is 3. The molecule has 3 aromatic carbocycles. The first-order valence-corrected chi connectivity index (χ1v) is 10.6. The normalized spacial score (nSPS) is 10.6. The summed E-state index contributed by atoms with van der Waals surface area (Å²) < 4.78 is 5.57. The average molecular weight is 459 g/mol. The molecule has 0 aliphatic heterocycles. The number of amides is 3. The largest absolute Gasteiger partial charge is 0.484 e. The van der Waals surface area contributed by atoms with E-state index < -0.39 is 11.8 Å². The topological polar surface area (TPSA) is 109 Å². The summed E-state index contributed by atoms with van der Waals surface area (Å²) >= 11 is 0. The van der Waals surface area contributed by atoms with Gasteiger partial charge in [0.25, 0.3) is 5.91 Å². The van der Waals surface area contributed by atoms with Crippen molar-refractivity contribution >= 4 is 35.3 Å². The van der Waals surface area contributed by atoms with E-state index in [0.717, 1.165) is 22.4 Å². The van der Waals surface area contributed by atoms with E-state index in [1.807, 2.05) is 51.1 Å². The lowest BCUT2D eigenvalue weighted by atomic mass is 10.1. The number of ether oxygens (including phenoxy) is 1. The predicted octanol–water partition coefficient (Wildman–Crippen LogP) is 3.72. The first kappa shape index (κ1) is 24.2. The van der Waals surface area contributed by atoms with Gasteiger partial charge in [0.15, 0.2) is 6.61 Å². The fourth-order valence-electron chi connectivity index (χ4n) is 3.01. The van der Waals surface area contributed by atoms with Crippen LogP contribution in [0.15, 0.2) is 71.8 Å². The molecule has 0 radical (unpaired) electrons. The zero-order valence-corrected chi connectivity index (χ0v) is 19.2. The lowest BCUT2D eigenvalue weighted by Crippen LogP contribution is -2.32. The van der Waals surface area contributed by atoms with Gasteiger partial charge >= 0.3 is 11.8 Å². The maximum absolute atomic E-state index is 12.2. The van der Waals surface area contributed by atoms with Crippen LogP contribution in [0.1, 0.15) is 22.3 Å². The summed E-state index contributed by atoms with van der Waals surface area (Å²) in [5.74, 6) is -1.53. The number of rotatable bonds is 7. The highest BCUT2D eigenvalue weighted by Gasteiger charge is 2.13. The molecule has 3 aromatic rings. The van der Waals surface area contributed by atoms with Crippen LogP contribution in [0.2, 0.25) is 0 Å². The molecule has 0 fully saturated rings. The molecule has 0 saturated carbocycles. The Bertz CT molecular complexity index is 1240. The molecule has 0 spiro atoms. The summed E-state index contributed by atoms with van der Waals surface area (Å²) in [7, 11) is 0. The van der Waals surface area contributed by atoms with Gasteiger partial charge in [-0.2, -0.15) is 5.10 Å². The number of anilines is 2. The van der Waals surface area contributed by atoms with Gasteiger partial charge in [0, 0.05) is 11.4 Å². The van der Waals surface area contributed by atoms with Crippen LogP contribution in [0.4, 0.5) is 11.4 Å². The number of nitrogens with one attached hydrogen (secondary N) is 3. The van der Waals surface area contributed by atoms with Gasteiger partial charge < -0.3 is 15.4 Å². The summed E-state index contributed by atoms with van der Waals surface area (Å²) in [4.78, 5) is 36.3. The number of nitrogens with zero attached hydrogens (tertiary/aromatic N) is 1. The fraction of sp³-hybridized carbons (Fsp3) is 0.154. The summed E-state index contributed by atoms with van der Waals surface area (Å²) in [6.45, 7) is 5.59. The maximum Gasteiger partial charge on any atom is 0.329 e. The van der Waals surface area contributed by atoms with E-state index in [2.05, 4.69) is 21.2 Å². The molecule has 3 N–H and O–H groups in total. The Balaban J connectivity index is 1.50. The van der Waals surface area contributed by atoms with Crippen molar-refractivity contribution in [1.29, 1.82) is 0 Å². The van der Waals surface area contributed by atoms with Gasteiger partial charge in [-0.3, -0.25) is 14.4 Å². The summed E-state index contributed by atoms with van der Waals surface area (Å²) in [6, 6.07) is 19.7. The zero-order chi connectivity index (χ0) is 24.5. The highest BCUT2D eigenvalue weighted by Crippen LogP contribution is 2.18. The van der Waals surface area contributed by atoms with Crippen LogP contribution in [-0.4, -0.2) is 30.5 Å². The minimum atomic E-state index is -0.893. The SMILES string of the molecule is Cc1ccccc1NC(=O)C(=O)N/N=C\c1cccc(OCC(=O)Nc2cccc(C)c2C)c1. The van der Waals surface area contributed by atoms with E-state index in [-0.39, 0.29) is 12.5 Å². The monoisotopic (exact) mass is 458 g/mol. The highest BCUT2D eigenvalue weighted by atomic mass is 16.5. The van der Waals surface area contributed by atoms with E-state index in [9.17, 15) is 14.4 Å². The van der Waals surface area contributed by atoms with Gasteiger partial charge in [-0.25, -0.2) is 5.43 Å². The Morgan fingerprint density at radius 1 is 0.824 bits per heavy atom. The van der Waals surface area contributed by atoms with Crippen molar-refractivity contribution in [2.75, 3.05) is 17.2 Å². The van der Waals surface area contributed by atoms with Gasteiger partial charge in [-0.1, -0.05) is 42.5 Å². The standard InChI is InChI=1S/C26H26N4O4/c1-17-9-6-13-23(19(17)3)28-24(31)16-34-21-11-7-10-20(14-21)15-27-30-26(33)25(32)29-22-12-5-4-8-18(22)2/h4-15H,16H2,1-3H3,(H,28,31)(H,29,32)(H,30,33)/b27-15-. The third kappa shape index (κ3) is 6.77. The number of para-hydroxylation sites is 1. The Hall–Kier alpha value is -4.46. The molecule has 0 aromatic heterocycles. The number of aryl methyl sites for hydroxylation is 2. The third-order valence-corrected chi connectivity index (χ3v) is 5.09. The lowest BCUT2D eigenvalue weighted by molar-refractivity contribution is -0.136. The molecule has 174 valence electrons. The van der Waals surface area contributed by atoms with Crippen molar-refractivity contribution in [3.8, 4) is 5.75 Å². The van der Waals surface area contributed by atoms with Crippen LogP contribution < -0.4 is 20.8 Å². The van der Waals surface area contributed by atoms with Gasteiger partial charge in [0.1, 0.15) is 5.75 Å². The molecular formula is C26H26N4O4. The van der Waals surface area contributed by atoms with Gasteiger partial charge in [0.2, 0.25) is 0 Å². The van der Waals surface area contributed by atoms with Crippen molar-refractivity contribution in [2.45, 2.75) is 20.8 Å². The second-order valence-corrected chi connectivity index (χ2v) is 7.62. The summed E-state index contributed by atoms with van der Waals surface area (Å²) in [5.41, 5.74) is 7.04. The van der Waals surface area contributed by atoms with Crippen molar-refractivity contribution in [3.63, 3.8) is 0 Å². The number of hydrazone groups is 1. The first-order chi connectivity index (χ1) is 16.3. The van der Waals surface area contributed by atoms with Crippen LogP contribution in [0.3, 0.4) is 0 Å². The fourth-order valence-corrected chi connectivity index (χ4v) is 3.01. The van der Waals surface area contributed by atoms with Gasteiger partial charge in [-0.15, -0.1) is 0 Å². The second kappa shape index (κ2) is 11.4. The molecule has 0 aliphatic rings. The molecule has 0 unspecified atom stereocenters. The molecule has 3 amide bonds. The molecule has 0 saturated heterocycles. The minimum absolute atomic E-state index is 0.163. The van der Waals surface area contributed by atoms with Crippen molar-refractivity contribution in [3.05, 3.63) is 89.0 Å². The summed E-state index contributed by atoms with van der Waals surface area (Å²) in [5, 5.41) is 9.19. The van der Waals surface area contributed by atoms with Gasteiger partial charge in [0.05, 0.1) is 6.21 Å². The third-order valence-electron chi connectivity index (χ3n) is 5.09. The summed E-state index contributed by atoms with van der Waals surface area (Å²) in [6.07, 6.45) is 1.38. The van der Waals surface area contributed by atoms with Crippen LogP contribution in [0.25, 0.3) is 0 Å². The predicted molar refractivity (Wildman–Crippen MR) is 132 cm³/mol. The Labute approximate surface area is 198 Å². The lowest BCUT2D eigenvalue weighted by Gasteiger charge is -2.11. The molecule has 0 heterocycles. The van der Waals surface area contributed by atoms with Crippen LogP contribution in [0.5, 0.6) is 5.75 Å². The number of benzene rings is 3. The molecule has 0 aliphatic carbocycles. The van der Waals surface area contributed by atoms with E-state index in [1.165, 1.54) is 6.21 Å². The van der Waals surface area contributed by atoms with E-state index in [1.54, 1.807) is 36.4 Å². The van der Waals surface area contributed by atoms with Gasteiger partial charge in [-0.05, 0) is 67.3 Å². The number of hydrogen-bond acceptors (Lipinski definition) is 5. The van der Waals surface area contributed by atoms with Crippen molar-refractivity contribution in [1.82, 2.24) is 5.43 Å². The average Bonchev–Trinajstić information content (AvgIpc) is 2.82. The van der Waals surface area contributed by atoms with Crippen LogP contribution in [-0.2, 0) is 14.4 Å². The molecule has 3 rings (SSSR count). The van der Waals surface area contributed by atoms with E-state index in [0.29, 0.717) is 17.0 Å².